The highest BCUT2D eigenvalue weighted by atomic mass is 16.7. The molecule has 1 aromatic rings. The quantitative estimate of drug-likeness (QED) is 0.0804. The molecule has 20 heteroatoms. The Bertz CT molecular complexity index is 1930. The van der Waals surface area contributed by atoms with E-state index in [2.05, 4.69) is 11.0 Å². The number of likely N-dealkylation sites (N-methyl/N-ethyl adjacent to an activating group) is 2. The number of allylic oxidation sites excluding steroid dienone is 1. The molecule has 0 saturated carbocycles. The lowest BCUT2D eigenvalue weighted by molar-refractivity contribution is -0.384. The predicted octanol–water partition coefficient (Wildman–Crippen LogP) is 3.14. The zero-order chi connectivity index (χ0) is 52.0. The average Bonchev–Trinajstić information content (AvgIpc) is 3.76. The molecule has 0 unspecified atom stereocenters. The number of esters is 1. The second kappa shape index (κ2) is 24.1. The Morgan fingerprint density at radius 2 is 1.67 bits per heavy atom. The summed E-state index contributed by atoms with van der Waals surface area (Å²) in [7, 11) is 5.24. The van der Waals surface area contributed by atoms with Crippen LogP contribution in [0.5, 0.6) is 0 Å². The minimum atomic E-state index is -1.84. The van der Waals surface area contributed by atoms with Gasteiger partial charge in [0, 0.05) is 69.5 Å². The Balaban J connectivity index is 1.41. The molecule has 18 atom stereocenters. The third kappa shape index (κ3) is 13.8. The van der Waals surface area contributed by atoms with Gasteiger partial charge in [0.05, 0.1) is 52.2 Å². The summed E-state index contributed by atoms with van der Waals surface area (Å²) in [5.74, 6) is -2.80. The van der Waals surface area contributed by atoms with Crippen molar-refractivity contribution in [2.24, 2.45) is 17.8 Å². The number of methoxy groups -OCH3 is 1. The lowest BCUT2D eigenvalue weighted by Gasteiger charge is -2.49. The maximum absolute atomic E-state index is 14.5. The van der Waals surface area contributed by atoms with Crippen molar-refractivity contribution >= 4 is 11.7 Å². The van der Waals surface area contributed by atoms with Crippen molar-refractivity contribution in [3.63, 3.8) is 0 Å². The SMILES string of the molecule is CC[C@H]1OC(=O)[C@H](C)[C@@H](O[C@H]2C[C@@](C)(OC)[C@@H](O)[C@H](C)O2)[C@H](C)[C@@H](O[C@@H]2O[C@H](C)C[C@H](N(C)C/C=C/C3=CN(CCc4ccc([N+](=O)[O-])cc4)NN3)[C@H]2O)[C@](C)(O)C[C@@H](C)CN(C)[C@H](C)[C@@H](O)[C@]1(C)O. The Morgan fingerprint density at radius 1 is 1.00 bits per heavy atom. The number of rotatable bonds is 14. The number of ether oxygens (including phenoxy) is 6. The number of carbonyl (C=O) groups excluding carboxylic acids is 1. The van der Waals surface area contributed by atoms with E-state index in [1.54, 1.807) is 53.7 Å². The first kappa shape index (κ1) is 57.5. The van der Waals surface area contributed by atoms with Gasteiger partial charge in [-0.15, -0.1) is 5.53 Å². The highest BCUT2D eigenvalue weighted by Crippen LogP contribution is 2.40. The fraction of sp³-hybridized carbons (Fsp3) is 0.780. The maximum Gasteiger partial charge on any atom is 0.311 e. The lowest BCUT2D eigenvalue weighted by Crippen LogP contribution is -2.60. The van der Waals surface area contributed by atoms with Gasteiger partial charge in [-0.25, -0.2) is 0 Å². The number of nitro groups is 1. The molecule has 0 spiro atoms. The highest BCUT2D eigenvalue weighted by molar-refractivity contribution is 5.73. The first-order valence-electron chi connectivity index (χ1n) is 24.9. The van der Waals surface area contributed by atoms with Crippen molar-refractivity contribution < 1.29 is 63.7 Å². The van der Waals surface area contributed by atoms with Gasteiger partial charge in [0.1, 0.15) is 30.0 Å². The van der Waals surface area contributed by atoms with Crippen LogP contribution in [0.1, 0.15) is 100 Å². The van der Waals surface area contributed by atoms with Crippen LogP contribution in [0.4, 0.5) is 5.69 Å². The zero-order valence-corrected chi connectivity index (χ0v) is 43.6. The van der Waals surface area contributed by atoms with Crippen LogP contribution < -0.4 is 11.0 Å². The molecule has 5 rings (SSSR count). The summed E-state index contributed by atoms with van der Waals surface area (Å²) in [6.45, 7) is 19.0. The first-order chi connectivity index (χ1) is 32.7. The standard InChI is InChI=1S/C50H84N6O14/c1-14-39-50(10,62)43(58)33(6)54(12)27-29(2)25-48(8,61)45(31(4)42(32(5)46(60)68-39)69-40-26-49(9,65-13)44(59)34(7)67-40)70-47-41(57)38(24-30(3)66-47)53(11)22-15-16-36-28-55(52-51-36)23-21-35-17-19-37(20-18-35)56(63)64/h15-20,28-34,38-45,47,51-52,57-59,61-62H,14,21-27H2,1-13H3/b16-15+/t29-,30-,31+,32-,33-,34+,38+,39-,40+,41-,42+,43-,44+,45-,47+,48-,49-,50-/m1/s1. The Kier molecular flexibility index (Phi) is 19.8. The number of hydrogen-bond acceptors (Lipinski definition) is 19. The van der Waals surface area contributed by atoms with Gasteiger partial charge in [0.2, 0.25) is 0 Å². The molecular formula is C50H84N6O14. The molecule has 1 aromatic carbocycles. The second-order valence-corrected chi connectivity index (χ2v) is 21.2. The van der Waals surface area contributed by atoms with E-state index in [0.717, 1.165) is 11.3 Å². The Labute approximate surface area is 414 Å². The summed E-state index contributed by atoms with van der Waals surface area (Å²) in [6, 6.07) is 5.49. The number of nitrogens with zero attached hydrogens (tertiary/aromatic N) is 4. The summed E-state index contributed by atoms with van der Waals surface area (Å²) in [5, 5.41) is 72.4. The number of nitro benzene ring substituents is 1. The number of cyclic esters (lactones) is 1. The molecule has 3 fully saturated rings. The van der Waals surface area contributed by atoms with Gasteiger partial charge >= 0.3 is 5.97 Å². The van der Waals surface area contributed by atoms with Crippen LogP contribution in [0.25, 0.3) is 0 Å². The minimum absolute atomic E-state index is 0.0507. The fourth-order valence-electron chi connectivity index (χ4n) is 10.8. The van der Waals surface area contributed by atoms with Crippen LogP contribution in [0, 0.1) is 27.9 Å². The molecule has 0 bridgehead atoms. The van der Waals surface area contributed by atoms with E-state index in [1.165, 1.54) is 26.2 Å². The number of hydrazine groups is 2. The summed E-state index contributed by atoms with van der Waals surface area (Å²) in [6.07, 6.45) is -2.65. The minimum Gasteiger partial charge on any atom is -0.459 e. The van der Waals surface area contributed by atoms with Crippen LogP contribution in [-0.4, -0.2) is 182 Å². The molecule has 0 aromatic heterocycles. The summed E-state index contributed by atoms with van der Waals surface area (Å²) < 4.78 is 38.2. The van der Waals surface area contributed by atoms with Crippen molar-refractivity contribution in [2.75, 3.05) is 40.8 Å². The molecule has 398 valence electrons. The van der Waals surface area contributed by atoms with Crippen LogP contribution in [0.15, 0.2) is 48.3 Å². The molecule has 4 aliphatic heterocycles. The largest absolute Gasteiger partial charge is 0.459 e. The van der Waals surface area contributed by atoms with Crippen LogP contribution in [0.3, 0.4) is 0 Å². The highest BCUT2D eigenvalue weighted by Gasteiger charge is 2.53. The molecule has 7 N–H and O–H groups in total. The lowest BCUT2D eigenvalue weighted by atomic mass is 9.77. The monoisotopic (exact) mass is 993 g/mol. The van der Waals surface area contributed by atoms with E-state index < -0.39 is 107 Å². The molecule has 4 heterocycles. The molecule has 4 aliphatic rings. The fourth-order valence-corrected chi connectivity index (χ4v) is 10.8. The zero-order valence-electron chi connectivity index (χ0n) is 43.6. The van der Waals surface area contributed by atoms with Gasteiger partial charge in [-0.1, -0.05) is 39.0 Å². The molecule has 70 heavy (non-hydrogen) atoms. The van der Waals surface area contributed by atoms with Crippen LogP contribution in [0.2, 0.25) is 0 Å². The number of benzene rings is 1. The first-order valence-corrected chi connectivity index (χ1v) is 24.9. The van der Waals surface area contributed by atoms with Crippen LogP contribution in [-0.2, 0) is 39.6 Å². The van der Waals surface area contributed by atoms with E-state index in [1.807, 2.05) is 68.0 Å². The van der Waals surface area contributed by atoms with Crippen molar-refractivity contribution in [3.8, 4) is 0 Å². The number of nitrogens with one attached hydrogen (secondary N) is 2. The van der Waals surface area contributed by atoms with E-state index >= 15 is 0 Å². The van der Waals surface area contributed by atoms with Crippen molar-refractivity contribution in [1.29, 1.82) is 0 Å². The molecule has 0 radical (unpaired) electrons. The number of carbonyl (C=O) groups is 1. The number of hydrogen-bond donors (Lipinski definition) is 7. The summed E-state index contributed by atoms with van der Waals surface area (Å²) >= 11 is 0. The Hall–Kier alpha value is -3.35. The van der Waals surface area contributed by atoms with Gasteiger partial charge in [0.15, 0.2) is 12.6 Å². The molecule has 0 aliphatic carbocycles. The van der Waals surface area contributed by atoms with Crippen molar-refractivity contribution in [1.82, 2.24) is 25.8 Å². The third-order valence-electron chi connectivity index (χ3n) is 15.2. The summed E-state index contributed by atoms with van der Waals surface area (Å²) in [5.41, 5.74) is 3.54. The van der Waals surface area contributed by atoms with Crippen LogP contribution >= 0.6 is 0 Å². The average molecular weight is 993 g/mol. The molecular weight excluding hydrogens is 909 g/mol. The van der Waals surface area contributed by atoms with Gasteiger partial charge in [-0.05, 0) is 106 Å². The second-order valence-electron chi connectivity index (χ2n) is 21.2. The Morgan fingerprint density at radius 3 is 2.30 bits per heavy atom. The molecule has 0 amide bonds. The molecule has 20 nitrogen and oxygen atoms in total. The van der Waals surface area contributed by atoms with E-state index in [-0.39, 0.29) is 37.0 Å². The van der Waals surface area contributed by atoms with Gasteiger partial charge in [0.25, 0.3) is 5.69 Å². The normalized spacial score (nSPS) is 40.9. The predicted molar refractivity (Wildman–Crippen MR) is 260 cm³/mol. The third-order valence-corrected chi connectivity index (χ3v) is 15.2. The van der Waals surface area contributed by atoms with E-state index in [9.17, 15) is 40.4 Å². The number of aliphatic hydroxyl groups is 5. The van der Waals surface area contributed by atoms with Gasteiger partial charge < -0.3 is 64.3 Å². The summed E-state index contributed by atoms with van der Waals surface area (Å²) in [4.78, 5) is 29.0. The van der Waals surface area contributed by atoms with E-state index in [0.29, 0.717) is 32.5 Å². The van der Waals surface area contributed by atoms with Crippen molar-refractivity contribution in [3.05, 3.63) is 64.0 Å². The number of non-ortho nitro benzene ring substituents is 1. The number of aliphatic hydroxyl groups excluding tert-OH is 3. The van der Waals surface area contributed by atoms with E-state index in [4.69, 9.17) is 28.4 Å². The van der Waals surface area contributed by atoms with Crippen molar-refractivity contribution in [2.45, 2.75) is 192 Å². The van der Waals surface area contributed by atoms with Gasteiger partial charge in [-0.2, -0.15) is 0 Å². The maximum atomic E-state index is 14.5. The smallest absolute Gasteiger partial charge is 0.311 e. The van der Waals surface area contributed by atoms with Gasteiger partial charge in [-0.3, -0.25) is 24.8 Å². The molecule has 3 saturated heterocycles. The topological polar surface area (TPSA) is 251 Å².